The predicted octanol–water partition coefficient (Wildman–Crippen LogP) is 0.532. The van der Waals surface area contributed by atoms with E-state index in [0.717, 1.165) is 6.26 Å². The standard InChI is InChI=1S/C12H17NO5S/c1-12(13-2,11(14)15)8-18-9-4-6-10(7-5-9)19(3,16)17/h4-7,13H,8H2,1-3H3,(H,14,15). The van der Waals surface area contributed by atoms with Gasteiger partial charge in [0.15, 0.2) is 9.84 Å². The number of hydrogen-bond acceptors (Lipinski definition) is 5. The van der Waals surface area contributed by atoms with Gasteiger partial charge in [0.05, 0.1) is 4.90 Å². The molecule has 0 saturated heterocycles. The molecule has 1 unspecified atom stereocenters. The van der Waals surface area contributed by atoms with Gasteiger partial charge in [-0.15, -0.1) is 0 Å². The third-order valence-electron chi connectivity index (χ3n) is 2.80. The summed E-state index contributed by atoms with van der Waals surface area (Å²) in [5.74, 6) is -0.613. The zero-order chi connectivity index (χ0) is 14.7. The highest BCUT2D eigenvalue weighted by atomic mass is 32.2. The minimum atomic E-state index is -3.24. The van der Waals surface area contributed by atoms with Gasteiger partial charge in [0.25, 0.3) is 0 Å². The van der Waals surface area contributed by atoms with E-state index in [1.54, 1.807) is 0 Å². The maximum Gasteiger partial charge on any atom is 0.327 e. The molecule has 1 aromatic rings. The van der Waals surface area contributed by atoms with Crippen LogP contribution in [0.3, 0.4) is 0 Å². The number of hydrogen-bond donors (Lipinski definition) is 2. The van der Waals surface area contributed by atoms with E-state index in [1.807, 2.05) is 0 Å². The van der Waals surface area contributed by atoms with Crippen LogP contribution in [-0.4, -0.2) is 44.9 Å². The number of carboxylic acid groups (broad SMARTS) is 1. The minimum absolute atomic E-state index is 0.0724. The number of ether oxygens (including phenoxy) is 1. The van der Waals surface area contributed by atoms with Crippen molar-refractivity contribution < 1.29 is 23.1 Å². The molecule has 6 nitrogen and oxygen atoms in total. The molecule has 1 atom stereocenters. The fraction of sp³-hybridized carbons (Fsp3) is 0.417. The van der Waals surface area contributed by atoms with Gasteiger partial charge in [0, 0.05) is 6.26 Å². The average Bonchev–Trinajstić information content (AvgIpc) is 2.35. The Labute approximate surface area is 112 Å². The summed E-state index contributed by atoms with van der Waals surface area (Å²) in [7, 11) is -1.71. The smallest absolute Gasteiger partial charge is 0.327 e. The molecular weight excluding hydrogens is 270 g/mol. The molecule has 0 bridgehead atoms. The van der Waals surface area contributed by atoms with Crippen molar-refractivity contribution in [2.24, 2.45) is 0 Å². The van der Waals surface area contributed by atoms with E-state index < -0.39 is 21.3 Å². The van der Waals surface area contributed by atoms with Crippen LogP contribution in [-0.2, 0) is 14.6 Å². The first-order chi connectivity index (χ1) is 8.69. The van der Waals surface area contributed by atoms with Crippen LogP contribution in [0.2, 0.25) is 0 Å². The van der Waals surface area contributed by atoms with Gasteiger partial charge in [0.2, 0.25) is 0 Å². The molecule has 0 aliphatic heterocycles. The molecule has 0 aliphatic carbocycles. The summed E-state index contributed by atoms with van der Waals surface area (Å²) in [5.41, 5.74) is -1.20. The number of carbonyl (C=O) groups is 1. The Hall–Kier alpha value is -1.60. The van der Waals surface area contributed by atoms with Crippen molar-refractivity contribution in [3.8, 4) is 5.75 Å². The Kier molecular flexibility index (Phi) is 4.54. The third-order valence-corrected chi connectivity index (χ3v) is 3.93. The summed E-state index contributed by atoms with van der Waals surface area (Å²) in [6, 6.07) is 5.83. The van der Waals surface area contributed by atoms with Gasteiger partial charge in [-0.1, -0.05) is 0 Å². The SMILES string of the molecule is CNC(C)(COc1ccc(S(C)(=O)=O)cc1)C(=O)O. The Morgan fingerprint density at radius 1 is 1.37 bits per heavy atom. The van der Waals surface area contributed by atoms with E-state index in [-0.39, 0.29) is 11.5 Å². The lowest BCUT2D eigenvalue weighted by Gasteiger charge is -2.24. The monoisotopic (exact) mass is 287 g/mol. The molecular formula is C12H17NO5S. The van der Waals surface area contributed by atoms with Gasteiger partial charge in [-0.25, -0.2) is 8.42 Å². The first-order valence-corrected chi connectivity index (χ1v) is 7.43. The molecule has 106 valence electrons. The van der Waals surface area contributed by atoms with E-state index in [1.165, 1.54) is 38.2 Å². The summed E-state index contributed by atoms with van der Waals surface area (Å²) in [6.07, 6.45) is 1.12. The molecule has 0 radical (unpaired) electrons. The second-order valence-corrected chi connectivity index (χ2v) is 6.44. The quantitative estimate of drug-likeness (QED) is 0.793. The van der Waals surface area contributed by atoms with Crippen LogP contribution in [0, 0.1) is 0 Å². The minimum Gasteiger partial charge on any atom is -0.491 e. The lowest BCUT2D eigenvalue weighted by atomic mass is 10.1. The van der Waals surface area contributed by atoms with Crippen LogP contribution in [0.5, 0.6) is 5.75 Å². The largest absolute Gasteiger partial charge is 0.491 e. The Morgan fingerprint density at radius 3 is 2.26 bits per heavy atom. The van der Waals surface area contributed by atoms with E-state index in [2.05, 4.69) is 5.32 Å². The first-order valence-electron chi connectivity index (χ1n) is 5.54. The maximum atomic E-state index is 11.3. The predicted molar refractivity (Wildman–Crippen MR) is 70.1 cm³/mol. The number of nitrogens with one attached hydrogen (secondary N) is 1. The van der Waals surface area contributed by atoms with Crippen molar-refractivity contribution in [1.29, 1.82) is 0 Å². The molecule has 0 saturated carbocycles. The van der Waals surface area contributed by atoms with Gasteiger partial charge in [-0.05, 0) is 38.2 Å². The third kappa shape index (κ3) is 3.93. The maximum absolute atomic E-state index is 11.3. The summed E-state index contributed by atoms with van der Waals surface area (Å²) >= 11 is 0. The summed E-state index contributed by atoms with van der Waals surface area (Å²) in [4.78, 5) is 11.2. The van der Waals surface area contributed by atoms with Crippen molar-refractivity contribution >= 4 is 15.8 Å². The molecule has 0 aromatic heterocycles. The molecule has 0 aliphatic rings. The number of rotatable bonds is 6. The number of likely N-dealkylation sites (N-methyl/N-ethyl adjacent to an activating group) is 1. The normalized spacial score (nSPS) is 14.7. The number of benzene rings is 1. The summed E-state index contributed by atoms with van der Waals surface area (Å²) in [6.45, 7) is 1.43. The van der Waals surface area contributed by atoms with Crippen molar-refractivity contribution in [2.75, 3.05) is 19.9 Å². The second-order valence-electron chi connectivity index (χ2n) is 4.42. The van der Waals surface area contributed by atoms with Crippen molar-refractivity contribution in [2.45, 2.75) is 17.4 Å². The van der Waals surface area contributed by atoms with E-state index in [0.29, 0.717) is 5.75 Å². The van der Waals surface area contributed by atoms with E-state index >= 15 is 0 Å². The van der Waals surface area contributed by atoms with Crippen LogP contribution < -0.4 is 10.1 Å². The number of aliphatic carboxylic acids is 1. The fourth-order valence-electron chi connectivity index (χ4n) is 1.25. The average molecular weight is 287 g/mol. The van der Waals surface area contributed by atoms with Gasteiger partial charge in [0.1, 0.15) is 17.9 Å². The molecule has 0 fully saturated rings. The Morgan fingerprint density at radius 2 is 1.89 bits per heavy atom. The zero-order valence-corrected chi connectivity index (χ0v) is 11.8. The molecule has 0 amide bonds. The molecule has 1 rings (SSSR count). The second kappa shape index (κ2) is 5.58. The zero-order valence-electron chi connectivity index (χ0n) is 11.0. The van der Waals surface area contributed by atoms with Crippen molar-refractivity contribution in [3.05, 3.63) is 24.3 Å². The summed E-state index contributed by atoms with van der Waals surface area (Å²) in [5, 5.41) is 11.7. The molecule has 19 heavy (non-hydrogen) atoms. The van der Waals surface area contributed by atoms with Gasteiger partial charge in [-0.3, -0.25) is 4.79 Å². The fourth-order valence-corrected chi connectivity index (χ4v) is 1.88. The Balaban J connectivity index is 2.77. The van der Waals surface area contributed by atoms with Crippen molar-refractivity contribution in [1.82, 2.24) is 5.32 Å². The van der Waals surface area contributed by atoms with E-state index in [9.17, 15) is 13.2 Å². The van der Waals surface area contributed by atoms with Gasteiger partial charge < -0.3 is 15.2 Å². The van der Waals surface area contributed by atoms with Crippen LogP contribution in [0.4, 0.5) is 0 Å². The molecule has 0 heterocycles. The lowest BCUT2D eigenvalue weighted by molar-refractivity contribution is -0.145. The highest BCUT2D eigenvalue weighted by Gasteiger charge is 2.32. The molecule has 2 N–H and O–H groups in total. The van der Waals surface area contributed by atoms with Crippen LogP contribution in [0.1, 0.15) is 6.92 Å². The van der Waals surface area contributed by atoms with Crippen molar-refractivity contribution in [3.63, 3.8) is 0 Å². The highest BCUT2D eigenvalue weighted by Crippen LogP contribution is 2.17. The lowest BCUT2D eigenvalue weighted by Crippen LogP contribution is -2.52. The topological polar surface area (TPSA) is 92.7 Å². The van der Waals surface area contributed by atoms with Crippen LogP contribution in [0.25, 0.3) is 0 Å². The first kappa shape index (κ1) is 15.5. The number of carboxylic acids is 1. The molecule has 7 heteroatoms. The van der Waals surface area contributed by atoms with Gasteiger partial charge in [-0.2, -0.15) is 0 Å². The number of sulfone groups is 1. The van der Waals surface area contributed by atoms with Crippen LogP contribution >= 0.6 is 0 Å². The molecule has 1 aromatic carbocycles. The highest BCUT2D eigenvalue weighted by molar-refractivity contribution is 7.90. The Bertz CT molecular complexity index is 552. The summed E-state index contributed by atoms with van der Waals surface area (Å²) < 4.78 is 27.9. The van der Waals surface area contributed by atoms with Crippen LogP contribution in [0.15, 0.2) is 29.2 Å². The van der Waals surface area contributed by atoms with Gasteiger partial charge >= 0.3 is 5.97 Å². The molecule has 0 spiro atoms. The van der Waals surface area contributed by atoms with E-state index in [4.69, 9.17) is 9.84 Å².